The first-order valence-corrected chi connectivity index (χ1v) is 8.17. The Balaban J connectivity index is 1.47. The predicted molar refractivity (Wildman–Crippen MR) is 86.3 cm³/mol. The third-order valence-corrected chi connectivity index (χ3v) is 5.01. The number of rotatable bonds is 2. The van der Waals surface area contributed by atoms with Crippen molar-refractivity contribution in [1.29, 1.82) is 0 Å². The molecule has 0 radical (unpaired) electrons. The van der Waals surface area contributed by atoms with E-state index in [1.165, 1.54) is 25.9 Å². The summed E-state index contributed by atoms with van der Waals surface area (Å²) in [6.07, 6.45) is 4.05. The smallest absolute Gasteiger partial charge is 0.318 e. The fraction of sp³-hybridized carbons (Fsp3) is 0.412. The van der Waals surface area contributed by atoms with Gasteiger partial charge in [0.1, 0.15) is 5.58 Å². The maximum atomic E-state index is 6.00. The molecule has 0 amide bonds. The van der Waals surface area contributed by atoms with Gasteiger partial charge in [-0.3, -0.25) is 0 Å². The van der Waals surface area contributed by atoms with Crippen molar-refractivity contribution in [2.24, 2.45) is 0 Å². The normalized spacial score (nSPS) is 24.3. The van der Waals surface area contributed by atoms with Crippen molar-refractivity contribution >= 4 is 17.0 Å². The third kappa shape index (κ3) is 2.21. The van der Waals surface area contributed by atoms with Crippen molar-refractivity contribution in [2.75, 3.05) is 31.1 Å². The Bertz CT molecular complexity index is 832. The second-order valence-corrected chi connectivity index (χ2v) is 6.33. The summed E-state index contributed by atoms with van der Waals surface area (Å²) in [6, 6.07) is 9.05. The van der Waals surface area contributed by atoms with Crippen molar-refractivity contribution in [3.63, 3.8) is 0 Å². The van der Waals surface area contributed by atoms with Crippen LogP contribution in [0.4, 0.5) is 6.01 Å². The van der Waals surface area contributed by atoms with E-state index in [1.807, 2.05) is 24.3 Å². The van der Waals surface area contributed by atoms with Crippen molar-refractivity contribution in [1.82, 2.24) is 15.1 Å². The van der Waals surface area contributed by atoms with Gasteiger partial charge in [-0.15, -0.1) is 5.10 Å². The Morgan fingerprint density at radius 1 is 1.00 bits per heavy atom. The summed E-state index contributed by atoms with van der Waals surface area (Å²) < 4.78 is 11.4. The molecular formula is C17H18N4O2. The van der Waals surface area contributed by atoms with E-state index in [-0.39, 0.29) is 0 Å². The molecular weight excluding hydrogens is 292 g/mol. The summed E-state index contributed by atoms with van der Waals surface area (Å²) in [6.45, 7) is 4.40. The van der Waals surface area contributed by atoms with Gasteiger partial charge in [-0.1, -0.05) is 5.10 Å². The van der Waals surface area contributed by atoms with Gasteiger partial charge >= 0.3 is 6.01 Å². The minimum Gasteiger partial charge on any atom is -0.464 e. The van der Waals surface area contributed by atoms with Gasteiger partial charge < -0.3 is 18.6 Å². The van der Waals surface area contributed by atoms with E-state index < -0.39 is 0 Å². The molecule has 0 spiro atoms. The van der Waals surface area contributed by atoms with Crippen LogP contribution in [0, 0.1) is 0 Å². The molecule has 0 saturated carbocycles. The van der Waals surface area contributed by atoms with Crippen LogP contribution in [0.2, 0.25) is 0 Å². The minimum absolute atomic E-state index is 0.526. The van der Waals surface area contributed by atoms with E-state index in [0.717, 1.165) is 29.6 Å². The monoisotopic (exact) mass is 310 g/mol. The van der Waals surface area contributed by atoms with Crippen LogP contribution in [-0.2, 0) is 0 Å². The van der Waals surface area contributed by atoms with Crippen LogP contribution < -0.4 is 4.90 Å². The van der Waals surface area contributed by atoms with Crippen molar-refractivity contribution in [3.05, 3.63) is 30.5 Å². The summed E-state index contributed by atoms with van der Waals surface area (Å²) in [4.78, 5) is 4.81. The van der Waals surface area contributed by atoms with Crippen LogP contribution in [-0.4, -0.2) is 47.3 Å². The van der Waals surface area contributed by atoms with Gasteiger partial charge in [-0.2, -0.15) is 0 Å². The lowest BCUT2D eigenvalue weighted by atomic mass is 10.1. The number of fused-ring (bicyclic) bond motifs is 5. The highest BCUT2D eigenvalue weighted by molar-refractivity contribution is 5.81. The molecule has 0 aliphatic carbocycles. The number of anilines is 1. The van der Waals surface area contributed by atoms with E-state index in [0.29, 0.717) is 17.9 Å². The largest absolute Gasteiger partial charge is 0.464 e. The lowest BCUT2D eigenvalue weighted by molar-refractivity contribution is 0.249. The lowest BCUT2D eigenvalue weighted by Gasteiger charge is -2.29. The van der Waals surface area contributed by atoms with Gasteiger partial charge in [0.05, 0.1) is 6.26 Å². The van der Waals surface area contributed by atoms with Gasteiger partial charge in [-0.05, 0) is 37.1 Å². The standard InChI is InChI=1S/C17H18N4O2/c1-2-15-12(5-10-22-15)11-13(1)16-18-19-17(23-16)21-9-8-20-6-3-14(21)4-7-20/h1-2,5,10-11,14H,3-4,6-9H2. The van der Waals surface area contributed by atoms with Crippen LogP contribution in [0.25, 0.3) is 22.4 Å². The maximum absolute atomic E-state index is 6.00. The van der Waals surface area contributed by atoms with Gasteiger partial charge in [0.15, 0.2) is 0 Å². The SMILES string of the molecule is c1cc2cc(-c3nnc(N4CCN5CCC4CC5)o3)ccc2o1. The molecule has 5 heterocycles. The molecule has 3 aliphatic rings. The van der Waals surface area contributed by atoms with Crippen LogP contribution in [0.1, 0.15) is 12.8 Å². The molecule has 6 rings (SSSR count). The number of hydrogen-bond acceptors (Lipinski definition) is 6. The van der Waals surface area contributed by atoms with Crippen molar-refractivity contribution < 1.29 is 8.83 Å². The predicted octanol–water partition coefficient (Wildman–Crippen LogP) is 2.77. The molecule has 118 valence electrons. The van der Waals surface area contributed by atoms with Crippen LogP contribution in [0.5, 0.6) is 0 Å². The molecule has 3 aliphatic heterocycles. The molecule has 2 bridgehead atoms. The topological polar surface area (TPSA) is 58.5 Å². The molecule has 2 aromatic heterocycles. The first-order valence-electron chi connectivity index (χ1n) is 8.17. The molecule has 23 heavy (non-hydrogen) atoms. The zero-order valence-electron chi connectivity index (χ0n) is 12.8. The van der Waals surface area contributed by atoms with Gasteiger partial charge in [0.25, 0.3) is 0 Å². The third-order valence-electron chi connectivity index (χ3n) is 5.01. The lowest BCUT2D eigenvalue weighted by Crippen LogP contribution is -2.38. The highest BCUT2D eigenvalue weighted by Crippen LogP contribution is 2.29. The molecule has 1 aromatic carbocycles. The number of nitrogens with zero attached hydrogens (tertiary/aromatic N) is 4. The summed E-state index contributed by atoms with van der Waals surface area (Å²) in [5, 5.41) is 9.62. The molecule has 3 fully saturated rings. The van der Waals surface area contributed by atoms with Crippen molar-refractivity contribution in [3.8, 4) is 11.5 Å². The molecule has 0 atom stereocenters. The summed E-state index contributed by atoms with van der Waals surface area (Å²) in [7, 11) is 0. The van der Waals surface area contributed by atoms with E-state index in [4.69, 9.17) is 8.83 Å². The zero-order chi connectivity index (χ0) is 15.2. The Labute approximate surface area is 133 Å². The zero-order valence-corrected chi connectivity index (χ0v) is 12.8. The number of aromatic nitrogens is 2. The van der Waals surface area contributed by atoms with E-state index in [2.05, 4.69) is 20.0 Å². The number of hydrogen-bond donors (Lipinski definition) is 0. The molecule has 0 N–H and O–H groups in total. The maximum Gasteiger partial charge on any atom is 0.318 e. The quantitative estimate of drug-likeness (QED) is 0.725. The number of benzene rings is 1. The summed E-state index contributed by atoms with van der Waals surface area (Å²) in [5.41, 5.74) is 1.80. The number of piperidine rings is 1. The fourth-order valence-corrected chi connectivity index (χ4v) is 3.69. The van der Waals surface area contributed by atoms with Gasteiger partial charge in [0.2, 0.25) is 5.89 Å². The van der Waals surface area contributed by atoms with Crippen LogP contribution >= 0.6 is 0 Å². The molecule has 6 heteroatoms. The highest BCUT2D eigenvalue weighted by atomic mass is 16.4. The molecule has 3 aromatic rings. The second-order valence-electron chi connectivity index (χ2n) is 6.33. The highest BCUT2D eigenvalue weighted by Gasteiger charge is 2.31. The summed E-state index contributed by atoms with van der Waals surface area (Å²) >= 11 is 0. The second kappa shape index (κ2) is 5.09. The number of furan rings is 1. The first-order chi connectivity index (χ1) is 11.4. The Kier molecular flexibility index (Phi) is 2.91. The fourth-order valence-electron chi connectivity index (χ4n) is 3.69. The Hall–Kier alpha value is -2.34. The minimum atomic E-state index is 0.526. The van der Waals surface area contributed by atoms with Crippen LogP contribution in [0.3, 0.4) is 0 Å². The average Bonchev–Trinajstić information content (AvgIpc) is 3.17. The van der Waals surface area contributed by atoms with Crippen molar-refractivity contribution in [2.45, 2.75) is 18.9 Å². The molecule has 3 saturated heterocycles. The first kappa shape index (κ1) is 13.1. The van der Waals surface area contributed by atoms with E-state index in [9.17, 15) is 0 Å². The Morgan fingerprint density at radius 2 is 1.91 bits per heavy atom. The van der Waals surface area contributed by atoms with Gasteiger partial charge in [0, 0.05) is 43.2 Å². The summed E-state index contributed by atoms with van der Waals surface area (Å²) in [5.74, 6) is 0.571. The Morgan fingerprint density at radius 3 is 2.83 bits per heavy atom. The van der Waals surface area contributed by atoms with E-state index >= 15 is 0 Å². The molecule has 0 unspecified atom stereocenters. The average molecular weight is 310 g/mol. The van der Waals surface area contributed by atoms with Crippen LogP contribution in [0.15, 0.2) is 39.4 Å². The van der Waals surface area contributed by atoms with Gasteiger partial charge in [-0.25, -0.2) is 0 Å². The molecule has 6 nitrogen and oxygen atoms in total. The van der Waals surface area contributed by atoms with E-state index in [1.54, 1.807) is 6.26 Å².